The number of benzene rings is 1. The molecule has 0 radical (unpaired) electrons. The van der Waals surface area contributed by atoms with Crippen LogP contribution in [0, 0.1) is 0 Å². The lowest BCUT2D eigenvalue weighted by atomic mass is 10.0. The van der Waals surface area contributed by atoms with Gasteiger partial charge < -0.3 is 4.98 Å². The molecule has 0 unspecified atom stereocenters. The molecule has 1 aromatic heterocycles. The smallest absolute Gasteiger partial charge is 0.0469 e. The molecule has 0 aliphatic carbocycles. The van der Waals surface area contributed by atoms with Gasteiger partial charge in [0, 0.05) is 16.7 Å². The lowest BCUT2D eigenvalue weighted by molar-refractivity contribution is 0.869. The van der Waals surface area contributed by atoms with Gasteiger partial charge in [0.2, 0.25) is 0 Å². The van der Waals surface area contributed by atoms with E-state index in [0.717, 1.165) is 10.5 Å². The molecule has 2 rings (SSSR count). The van der Waals surface area contributed by atoms with Crippen molar-refractivity contribution in [3.05, 3.63) is 35.0 Å². The zero-order valence-corrected chi connectivity index (χ0v) is 8.52. The molecule has 0 spiro atoms. The first kappa shape index (κ1) is 8.64. The fourth-order valence-corrected chi connectivity index (χ4v) is 1.92. The number of aromatic nitrogens is 1. The highest BCUT2D eigenvalue weighted by molar-refractivity contribution is 6.32. The Morgan fingerprint density at radius 1 is 1.31 bits per heavy atom. The first-order chi connectivity index (χ1) is 6.18. The van der Waals surface area contributed by atoms with Gasteiger partial charge in [0.05, 0.1) is 0 Å². The highest BCUT2D eigenvalue weighted by atomic mass is 35.5. The first-order valence-corrected chi connectivity index (χ1v) is 4.83. The minimum absolute atomic E-state index is 0.479. The van der Waals surface area contributed by atoms with E-state index in [1.54, 1.807) is 0 Å². The van der Waals surface area contributed by atoms with Crippen molar-refractivity contribution >= 4 is 22.5 Å². The zero-order chi connectivity index (χ0) is 9.42. The quantitative estimate of drug-likeness (QED) is 0.706. The fourth-order valence-electron chi connectivity index (χ4n) is 1.53. The molecule has 1 heterocycles. The van der Waals surface area contributed by atoms with E-state index in [-0.39, 0.29) is 0 Å². The van der Waals surface area contributed by atoms with Crippen LogP contribution < -0.4 is 0 Å². The van der Waals surface area contributed by atoms with Gasteiger partial charge in [0.25, 0.3) is 0 Å². The van der Waals surface area contributed by atoms with Crippen molar-refractivity contribution < 1.29 is 0 Å². The largest absolute Gasteiger partial charge is 0.361 e. The van der Waals surface area contributed by atoms with E-state index in [0.29, 0.717) is 5.92 Å². The molecular weight excluding hydrogens is 182 g/mol. The Morgan fingerprint density at radius 2 is 2.08 bits per heavy atom. The Hall–Kier alpha value is -0.950. The summed E-state index contributed by atoms with van der Waals surface area (Å²) in [6.45, 7) is 4.30. The SMILES string of the molecule is CC(C)c1cc2cc[nH]c2cc1Cl. The van der Waals surface area contributed by atoms with Crippen LogP contribution in [0.15, 0.2) is 24.4 Å². The van der Waals surface area contributed by atoms with Crippen LogP contribution in [0.4, 0.5) is 0 Å². The molecule has 13 heavy (non-hydrogen) atoms. The highest BCUT2D eigenvalue weighted by Gasteiger charge is 2.06. The molecule has 0 aliphatic heterocycles. The molecule has 0 atom stereocenters. The zero-order valence-electron chi connectivity index (χ0n) is 7.76. The molecule has 2 heteroatoms. The van der Waals surface area contributed by atoms with Crippen LogP contribution in [0.1, 0.15) is 25.3 Å². The monoisotopic (exact) mass is 193 g/mol. The summed E-state index contributed by atoms with van der Waals surface area (Å²) in [6.07, 6.45) is 1.94. The van der Waals surface area contributed by atoms with Gasteiger partial charge in [0.1, 0.15) is 0 Å². The Kier molecular flexibility index (Phi) is 2.04. The van der Waals surface area contributed by atoms with E-state index in [2.05, 4.69) is 31.0 Å². The summed E-state index contributed by atoms with van der Waals surface area (Å²) < 4.78 is 0. The summed E-state index contributed by atoms with van der Waals surface area (Å²) in [5.74, 6) is 0.479. The van der Waals surface area contributed by atoms with Crippen LogP contribution in [0.5, 0.6) is 0 Å². The van der Waals surface area contributed by atoms with Crippen molar-refractivity contribution in [3.63, 3.8) is 0 Å². The lowest BCUT2D eigenvalue weighted by Gasteiger charge is -2.07. The minimum Gasteiger partial charge on any atom is -0.361 e. The summed E-state index contributed by atoms with van der Waals surface area (Å²) in [5, 5.41) is 2.08. The molecule has 0 saturated carbocycles. The molecule has 1 N–H and O–H groups in total. The molecule has 1 aromatic carbocycles. The molecule has 68 valence electrons. The number of fused-ring (bicyclic) bond motifs is 1. The maximum Gasteiger partial charge on any atom is 0.0469 e. The van der Waals surface area contributed by atoms with Crippen LogP contribution in [0.3, 0.4) is 0 Å². The predicted octanol–water partition coefficient (Wildman–Crippen LogP) is 3.94. The Labute approximate surface area is 82.7 Å². The Morgan fingerprint density at radius 3 is 2.77 bits per heavy atom. The van der Waals surface area contributed by atoms with E-state index >= 15 is 0 Å². The second-order valence-corrected chi connectivity index (χ2v) is 4.00. The third kappa shape index (κ3) is 1.44. The number of halogens is 1. The van der Waals surface area contributed by atoms with Gasteiger partial charge in [-0.25, -0.2) is 0 Å². The molecule has 1 nitrogen and oxygen atoms in total. The van der Waals surface area contributed by atoms with Crippen molar-refractivity contribution in [2.24, 2.45) is 0 Å². The third-order valence-corrected chi connectivity index (χ3v) is 2.62. The number of aromatic amines is 1. The molecule has 2 aromatic rings. The molecule has 0 aliphatic rings. The second-order valence-electron chi connectivity index (χ2n) is 3.59. The number of hydrogen-bond acceptors (Lipinski definition) is 0. The average molecular weight is 194 g/mol. The van der Waals surface area contributed by atoms with E-state index in [9.17, 15) is 0 Å². The highest BCUT2D eigenvalue weighted by Crippen LogP contribution is 2.28. The van der Waals surface area contributed by atoms with Gasteiger partial charge in [-0.3, -0.25) is 0 Å². The van der Waals surface area contributed by atoms with Gasteiger partial charge in [0.15, 0.2) is 0 Å². The second kappa shape index (κ2) is 3.08. The third-order valence-electron chi connectivity index (χ3n) is 2.29. The molecular formula is C11H12ClN. The molecule has 0 saturated heterocycles. The van der Waals surface area contributed by atoms with Crippen molar-refractivity contribution in [1.82, 2.24) is 4.98 Å². The summed E-state index contributed by atoms with van der Waals surface area (Å²) in [4.78, 5) is 3.14. The van der Waals surface area contributed by atoms with Crippen LogP contribution >= 0.6 is 11.6 Å². The Balaban J connectivity index is 2.69. The molecule has 0 fully saturated rings. The number of hydrogen-bond donors (Lipinski definition) is 1. The van der Waals surface area contributed by atoms with Gasteiger partial charge in [-0.1, -0.05) is 25.4 Å². The lowest BCUT2D eigenvalue weighted by Crippen LogP contribution is -1.88. The van der Waals surface area contributed by atoms with Gasteiger partial charge in [-0.2, -0.15) is 0 Å². The number of H-pyrrole nitrogens is 1. The van der Waals surface area contributed by atoms with Crippen molar-refractivity contribution in [1.29, 1.82) is 0 Å². The average Bonchev–Trinajstić information content (AvgIpc) is 2.48. The normalized spacial score (nSPS) is 11.4. The summed E-state index contributed by atoms with van der Waals surface area (Å²) in [7, 11) is 0. The van der Waals surface area contributed by atoms with Gasteiger partial charge in [-0.05, 0) is 35.1 Å². The van der Waals surface area contributed by atoms with Gasteiger partial charge in [-0.15, -0.1) is 0 Å². The van der Waals surface area contributed by atoms with Crippen molar-refractivity contribution in [2.45, 2.75) is 19.8 Å². The number of rotatable bonds is 1. The standard InChI is InChI=1S/C11H12ClN/c1-7(2)9-5-8-3-4-13-11(8)6-10(9)12/h3-7,13H,1-2H3. The van der Waals surface area contributed by atoms with E-state index in [4.69, 9.17) is 11.6 Å². The van der Waals surface area contributed by atoms with Crippen LogP contribution in [-0.4, -0.2) is 4.98 Å². The van der Waals surface area contributed by atoms with E-state index < -0.39 is 0 Å². The van der Waals surface area contributed by atoms with E-state index in [1.165, 1.54) is 10.9 Å². The van der Waals surface area contributed by atoms with Crippen LogP contribution in [0.2, 0.25) is 5.02 Å². The summed E-state index contributed by atoms with van der Waals surface area (Å²) in [6, 6.07) is 6.21. The maximum atomic E-state index is 6.14. The maximum absolute atomic E-state index is 6.14. The first-order valence-electron chi connectivity index (χ1n) is 4.45. The topological polar surface area (TPSA) is 15.8 Å². The molecule has 0 amide bonds. The molecule has 0 bridgehead atoms. The van der Waals surface area contributed by atoms with Crippen LogP contribution in [0.25, 0.3) is 10.9 Å². The Bertz CT molecular complexity index is 429. The van der Waals surface area contributed by atoms with E-state index in [1.807, 2.05) is 12.3 Å². The summed E-state index contributed by atoms with van der Waals surface area (Å²) >= 11 is 6.14. The van der Waals surface area contributed by atoms with Crippen molar-refractivity contribution in [2.75, 3.05) is 0 Å². The van der Waals surface area contributed by atoms with Gasteiger partial charge >= 0.3 is 0 Å². The fraction of sp³-hybridized carbons (Fsp3) is 0.273. The summed E-state index contributed by atoms with van der Waals surface area (Å²) in [5.41, 5.74) is 2.32. The predicted molar refractivity (Wildman–Crippen MR) is 57.4 cm³/mol. The number of nitrogens with one attached hydrogen (secondary N) is 1. The van der Waals surface area contributed by atoms with Crippen molar-refractivity contribution in [3.8, 4) is 0 Å². The minimum atomic E-state index is 0.479. The van der Waals surface area contributed by atoms with Crippen LogP contribution in [-0.2, 0) is 0 Å².